The first-order valence-electron chi connectivity index (χ1n) is 5.74. The van der Waals surface area contributed by atoms with E-state index in [4.69, 9.17) is 26.5 Å². The number of hydrogen-bond acceptors (Lipinski definition) is 4. The second-order valence-electron chi connectivity index (χ2n) is 4.05. The molecular weight excluding hydrogens is 264 g/mol. The number of nitrogen functional groups attached to an aromatic ring is 1. The first-order chi connectivity index (χ1) is 9.22. The van der Waals surface area contributed by atoms with Crippen LogP contribution in [-0.4, -0.2) is 4.98 Å². The van der Waals surface area contributed by atoms with Gasteiger partial charge >= 0.3 is 0 Å². The van der Waals surface area contributed by atoms with E-state index in [1.54, 1.807) is 24.3 Å². The van der Waals surface area contributed by atoms with Crippen LogP contribution in [0.15, 0.2) is 46.9 Å². The minimum Gasteiger partial charge on any atom is -0.482 e. The molecule has 0 bridgehead atoms. The maximum Gasteiger partial charge on any atom is 0.233 e. The third kappa shape index (κ3) is 2.48. The molecule has 0 spiro atoms. The number of halogens is 1. The van der Waals surface area contributed by atoms with Crippen molar-refractivity contribution < 1.29 is 9.15 Å². The highest BCUT2D eigenvalue weighted by atomic mass is 35.5. The van der Waals surface area contributed by atoms with E-state index in [1.807, 2.05) is 18.2 Å². The van der Waals surface area contributed by atoms with Crippen LogP contribution in [0.1, 0.15) is 5.89 Å². The van der Waals surface area contributed by atoms with Crippen LogP contribution in [0.2, 0.25) is 5.02 Å². The highest BCUT2D eigenvalue weighted by Crippen LogP contribution is 2.25. The number of hydrogen-bond donors (Lipinski definition) is 1. The van der Waals surface area contributed by atoms with E-state index in [-0.39, 0.29) is 6.61 Å². The van der Waals surface area contributed by atoms with E-state index in [0.29, 0.717) is 27.9 Å². The van der Waals surface area contributed by atoms with E-state index in [9.17, 15) is 0 Å². The first-order valence-corrected chi connectivity index (χ1v) is 6.12. The monoisotopic (exact) mass is 274 g/mol. The van der Waals surface area contributed by atoms with Crippen LogP contribution in [0, 0.1) is 0 Å². The summed E-state index contributed by atoms with van der Waals surface area (Å²) in [6.07, 6.45) is 0. The Morgan fingerprint density at radius 3 is 2.89 bits per heavy atom. The zero-order chi connectivity index (χ0) is 13.2. The fourth-order valence-corrected chi connectivity index (χ4v) is 1.94. The van der Waals surface area contributed by atoms with Crippen LogP contribution in [-0.2, 0) is 6.61 Å². The fraction of sp³-hybridized carbons (Fsp3) is 0.0714. The first kappa shape index (κ1) is 11.9. The van der Waals surface area contributed by atoms with Gasteiger partial charge in [-0.3, -0.25) is 0 Å². The molecule has 3 rings (SSSR count). The van der Waals surface area contributed by atoms with Crippen molar-refractivity contribution in [2.24, 2.45) is 0 Å². The summed E-state index contributed by atoms with van der Waals surface area (Å²) < 4.78 is 11.1. The summed E-state index contributed by atoms with van der Waals surface area (Å²) in [6, 6.07) is 12.6. The van der Waals surface area contributed by atoms with Gasteiger partial charge in [-0.15, -0.1) is 0 Å². The topological polar surface area (TPSA) is 61.3 Å². The van der Waals surface area contributed by atoms with Gasteiger partial charge in [0.05, 0.1) is 5.02 Å². The zero-order valence-electron chi connectivity index (χ0n) is 9.97. The number of para-hydroxylation sites is 1. The van der Waals surface area contributed by atoms with Crippen molar-refractivity contribution >= 4 is 28.4 Å². The summed E-state index contributed by atoms with van der Waals surface area (Å²) in [7, 11) is 0. The molecule has 5 heteroatoms. The van der Waals surface area contributed by atoms with Gasteiger partial charge in [0.2, 0.25) is 5.89 Å². The summed E-state index contributed by atoms with van der Waals surface area (Å²) in [6.45, 7) is 0.221. The van der Waals surface area contributed by atoms with Crippen molar-refractivity contribution in [2.75, 3.05) is 5.73 Å². The second-order valence-corrected chi connectivity index (χ2v) is 4.46. The fourth-order valence-electron chi connectivity index (χ4n) is 1.75. The van der Waals surface area contributed by atoms with Crippen molar-refractivity contribution in [3.63, 3.8) is 0 Å². The molecule has 0 atom stereocenters. The van der Waals surface area contributed by atoms with Gasteiger partial charge in [-0.1, -0.05) is 23.7 Å². The summed E-state index contributed by atoms with van der Waals surface area (Å²) in [5, 5.41) is 0.558. The quantitative estimate of drug-likeness (QED) is 0.741. The van der Waals surface area contributed by atoms with Crippen LogP contribution < -0.4 is 10.5 Å². The normalized spacial score (nSPS) is 10.8. The molecule has 19 heavy (non-hydrogen) atoms. The van der Waals surface area contributed by atoms with E-state index in [1.165, 1.54) is 0 Å². The molecule has 0 amide bonds. The molecule has 0 radical (unpaired) electrons. The molecule has 0 unspecified atom stereocenters. The smallest absolute Gasteiger partial charge is 0.233 e. The third-order valence-electron chi connectivity index (χ3n) is 2.64. The number of oxazole rings is 1. The lowest BCUT2D eigenvalue weighted by molar-refractivity contribution is 0.267. The van der Waals surface area contributed by atoms with Crippen molar-refractivity contribution in [3.8, 4) is 5.75 Å². The average Bonchev–Trinajstić information content (AvgIpc) is 2.79. The maximum absolute atomic E-state index is 6.00. The van der Waals surface area contributed by atoms with Crippen LogP contribution >= 0.6 is 11.6 Å². The number of anilines is 1. The van der Waals surface area contributed by atoms with Gasteiger partial charge in [-0.25, -0.2) is 4.98 Å². The molecule has 0 aliphatic heterocycles. The Kier molecular flexibility index (Phi) is 3.01. The van der Waals surface area contributed by atoms with Gasteiger partial charge < -0.3 is 14.9 Å². The van der Waals surface area contributed by atoms with Gasteiger partial charge in [0.1, 0.15) is 11.3 Å². The number of fused-ring (bicyclic) bond motifs is 1. The van der Waals surface area contributed by atoms with Crippen molar-refractivity contribution in [1.29, 1.82) is 0 Å². The number of nitrogens with zero attached hydrogens (tertiary/aromatic N) is 1. The van der Waals surface area contributed by atoms with Crippen LogP contribution in [0.4, 0.5) is 5.69 Å². The van der Waals surface area contributed by atoms with Gasteiger partial charge in [0, 0.05) is 11.8 Å². The lowest BCUT2D eigenvalue weighted by Crippen LogP contribution is -1.95. The standard InChI is InChI=1S/C14H11ClN2O2/c15-10-3-1-2-4-12(10)18-8-14-17-11-6-5-9(16)7-13(11)19-14/h1-7H,8,16H2. The Morgan fingerprint density at radius 2 is 2.05 bits per heavy atom. The number of rotatable bonds is 3. The van der Waals surface area contributed by atoms with Crippen LogP contribution in [0.3, 0.4) is 0 Å². The lowest BCUT2D eigenvalue weighted by Gasteiger charge is -2.04. The molecular formula is C14H11ClN2O2. The number of aromatic nitrogens is 1. The molecule has 2 N–H and O–H groups in total. The number of ether oxygens (including phenoxy) is 1. The van der Waals surface area contributed by atoms with Crippen molar-refractivity contribution in [3.05, 3.63) is 53.4 Å². The number of benzene rings is 2. The molecule has 1 heterocycles. The van der Waals surface area contributed by atoms with Gasteiger partial charge in [-0.2, -0.15) is 0 Å². The molecule has 0 aliphatic rings. The van der Waals surface area contributed by atoms with Gasteiger partial charge in [0.25, 0.3) is 0 Å². The van der Waals surface area contributed by atoms with Gasteiger partial charge in [-0.05, 0) is 24.3 Å². The number of nitrogens with two attached hydrogens (primary N) is 1. The molecule has 0 fully saturated rings. The third-order valence-corrected chi connectivity index (χ3v) is 2.96. The lowest BCUT2D eigenvalue weighted by atomic mass is 10.3. The van der Waals surface area contributed by atoms with E-state index < -0.39 is 0 Å². The predicted molar refractivity (Wildman–Crippen MR) is 74.2 cm³/mol. The van der Waals surface area contributed by atoms with E-state index >= 15 is 0 Å². The van der Waals surface area contributed by atoms with E-state index in [2.05, 4.69) is 4.98 Å². The van der Waals surface area contributed by atoms with E-state index in [0.717, 1.165) is 5.52 Å². The molecule has 4 nitrogen and oxygen atoms in total. The summed E-state index contributed by atoms with van der Waals surface area (Å²) in [4.78, 5) is 4.31. The minimum atomic E-state index is 0.221. The molecule has 0 aliphatic carbocycles. The Bertz CT molecular complexity index is 724. The Balaban J connectivity index is 1.80. The minimum absolute atomic E-state index is 0.221. The average molecular weight is 275 g/mol. The zero-order valence-corrected chi connectivity index (χ0v) is 10.7. The molecule has 2 aromatic carbocycles. The summed E-state index contributed by atoms with van der Waals surface area (Å²) >= 11 is 6.00. The summed E-state index contributed by atoms with van der Waals surface area (Å²) in [5.74, 6) is 1.09. The van der Waals surface area contributed by atoms with Crippen LogP contribution in [0.5, 0.6) is 5.75 Å². The molecule has 1 aromatic heterocycles. The Hall–Kier alpha value is -2.20. The predicted octanol–water partition coefficient (Wildman–Crippen LogP) is 3.64. The second kappa shape index (κ2) is 4.82. The van der Waals surface area contributed by atoms with Gasteiger partial charge in [0.15, 0.2) is 12.2 Å². The molecule has 3 aromatic rings. The Morgan fingerprint density at radius 1 is 1.21 bits per heavy atom. The van der Waals surface area contributed by atoms with Crippen molar-refractivity contribution in [1.82, 2.24) is 4.98 Å². The highest BCUT2D eigenvalue weighted by Gasteiger charge is 2.07. The molecule has 0 saturated carbocycles. The molecule has 0 saturated heterocycles. The SMILES string of the molecule is Nc1ccc2nc(COc3ccccc3Cl)oc2c1. The largest absolute Gasteiger partial charge is 0.482 e. The summed E-state index contributed by atoms with van der Waals surface area (Å²) in [5.41, 5.74) is 7.73. The molecule has 96 valence electrons. The maximum atomic E-state index is 6.00. The van der Waals surface area contributed by atoms with Crippen molar-refractivity contribution in [2.45, 2.75) is 6.61 Å². The Labute approximate surface area is 114 Å². The highest BCUT2D eigenvalue weighted by molar-refractivity contribution is 6.32. The van der Waals surface area contributed by atoms with Crippen LogP contribution in [0.25, 0.3) is 11.1 Å².